The van der Waals surface area contributed by atoms with Gasteiger partial charge in [-0.3, -0.25) is 4.57 Å². The van der Waals surface area contributed by atoms with Crippen molar-refractivity contribution < 1.29 is 17.5 Å². The van der Waals surface area contributed by atoms with E-state index in [1.165, 1.54) is 19.1 Å². The third kappa shape index (κ3) is 4.57. The molecule has 0 aliphatic heterocycles. The quantitative estimate of drug-likeness (QED) is 0.454. The molecule has 0 saturated heterocycles. The zero-order valence-corrected chi connectivity index (χ0v) is 16.0. The third-order valence-electron chi connectivity index (χ3n) is 3.49. The SMILES string of the molecule is CCOP(=O)(/C(C)=N\NS(=O)(=O)c1ccc(C)cc1)c1ccccc1. The Morgan fingerprint density at radius 2 is 1.72 bits per heavy atom. The highest BCUT2D eigenvalue weighted by molar-refractivity contribution is 7.89. The molecule has 6 nitrogen and oxygen atoms in total. The normalized spacial score (nSPS) is 14.8. The van der Waals surface area contributed by atoms with Crippen LogP contribution in [0.2, 0.25) is 0 Å². The lowest BCUT2D eigenvalue weighted by atomic mass is 10.2. The number of hydrazone groups is 1. The largest absolute Gasteiger partial charge is 0.322 e. The number of aryl methyl sites for hydroxylation is 1. The highest BCUT2D eigenvalue weighted by Crippen LogP contribution is 2.47. The summed E-state index contributed by atoms with van der Waals surface area (Å²) in [5, 5.41) is 4.32. The first-order valence-electron chi connectivity index (χ1n) is 7.73. The summed E-state index contributed by atoms with van der Waals surface area (Å²) in [6.45, 7) is 5.29. The van der Waals surface area contributed by atoms with E-state index in [1.807, 2.05) is 6.92 Å². The van der Waals surface area contributed by atoms with E-state index in [9.17, 15) is 13.0 Å². The van der Waals surface area contributed by atoms with E-state index in [-0.39, 0.29) is 17.0 Å². The van der Waals surface area contributed by atoms with Crippen LogP contribution in [0.15, 0.2) is 64.6 Å². The molecule has 2 rings (SSSR count). The van der Waals surface area contributed by atoms with Crippen molar-refractivity contribution >= 4 is 28.1 Å². The van der Waals surface area contributed by atoms with Gasteiger partial charge in [0, 0.05) is 5.30 Å². The maximum absolute atomic E-state index is 13.2. The van der Waals surface area contributed by atoms with Gasteiger partial charge in [0.1, 0.15) is 5.45 Å². The van der Waals surface area contributed by atoms with E-state index in [0.717, 1.165) is 5.56 Å². The Hall–Kier alpha value is -1.95. The molecule has 0 fully saturated rings. The molecule has 0 aliphatic carbocycles. The topological polar surface area (TPSA) is 84.8 Å². The Balaban J connectivity index is 2.32. The Morgan fingerprint density at radius 1 is 1.12 bits per heavy atom. The van der Waals surface area contributed by atoms with Crippen LogP contribution in [0.1, 0.15) is 19.4 Å². The highest BCUT2D eigenvalue weighted by atomic mass is 32.2. The summed E-state index contributed by atoms with van der Waals surface area (Å²) < 4.78 is 43.3. The summed E-state index contributed by atoms with van der Waals surface area (Å²) in [7, 11) is -7.27. The molecular formula is C17H21N2O4PS. The summed E-state index contributed by atoms with van der Waals surface area (Å²) in [4.78, 5) is 2.22. The van der Waals surface area contributed by atoms with Gasteiger partial charge in [-0.15, -0.1) is 0 Å². The minimum atomic E-state index is -3.84. The van der Waals surface area contributed by atoms with Gasteiger partial charge in [-0.05, 0) is 45.0 Å². The fourth-order valence-corrected chi connectivity index (χ4v) is 4.87. The summed E-state index contributed by atoms with van der Waals surface area (Å²) >= 11 is 0. The minimum Gasteiger partial charge on any atom is -0.322 e. The smallest absolute Gasteiger partial charge is 0.276 e. The second-order valence-corrected chi connectivity index (χ2v) is 9.56. The molecular weight excluding hydrogens is 359 g/mol. The molecule has 0 amide bonds. The number of sulfonamides is 1. The molecule has 2 aromatic rings. The van der Waals surface area contributed by atoms with Crippen molar-refractivity contribution in [2.45, 2.75) is 25.7 Å². The molecule has 1 N–H and O–H groups in total. The molecule has 8 heteroatoms. The Morgan fingerprint density at radius 3 is 2.28 bits per heavy atom. The lowest BCUT2D eigenvalue weighted by Crippen LogP contribution is -2.22. The van der Waals surface area contributed by atoms with E-state index in [0.29, 0.717) is 5.30 Å². The van der Waals surface area contributed by atoms with Gasteiger partial charge in [0.2, 0.25) is 0 Å². The molecule has 1 atom stereocenters. The molecule has 0 spiro atoms. The summed E-state index contributed by atoms with van der Waals surface area (Å²) in [5.74, 6) is 0. The average molecular weight is 380 g/mol. The van der Waals surface area contributed by atoms with Crippen LogP contribution in [0.4, 0.5) is 0 Å². The third-order valence-corrected chi connectivity index (χ3v) is 7.27. The average Bonchev–Trinajstić information content (AvgIpc) is 2.61. The Kier molecular flexibility index (Phi) is 6.16. The molecule has 0 radical (unpaired) electrons. The van der Waals surface area contributed by atoms with Crippen molar-refractivity contribution in [2.75, 3.05) is 6.61 Å². The van der Waals surface area contributed by atoms with Crippen molar-refractivity contribution in [2.24, 2.45) is 5.10 Å². The number of hydrogen-bond acceptors (Lipinski definition) is 5. The molecule has 0 saturated carbocycles. The predicted octanol–water partition coefficient (Wildman–Crippen LogP) is 3.25. The number of nitrogens with one attached hydrogen (secondary N) is 1. The first kappa shape index (κ1) is 19.4. The first-order chi connectivity index (χ1) is 11.8. The van der Waals surface area contributed by atoms with Crippen LogP contribution >= 0.6 is 7.37 Å². The van der Waals surface area contributed by atoms with Crippen LogP contribution in [0.25, 0.3) is 0 Å². The monoisotopic (exact) mass is 380 g/mol. The molecule has 25 heavy (non-hydrogen) atoms. The van der Waals surface area contributed by atoms with Crippen LogP contribution in [-0.2, 0) is 19.1 Å². The predicted molar refractivity (Wildman–Crippen MR) is 99.9 cm³/mol. The Bertz CT molecular complexity index is 894. The van der Waals surface area contributed by atoms with Crippen molar-refractivity contribution in [3.8, 4) is 0 Å². The van der Waals surface area contributed by atoms with Crippen LogP contribution < -0.4 is 10.1 Å². The Labute approximate surface area is 148 Å². The van der Waals surface area contributed by atoms with Crippen LogP contribution in [-0.4, -0.2) is 20.5 Å². The van der Waals surface area contributed by atoms with Crippen LogP contribution in [0.5, 0.6) is 0 Å². The standard InChI is InChI=1S/C17H21N2O4PS/c1-4-23-24(20,16-8-6-5-7-9-16)15(3)18-19-25(21,22)17-12-10-14(2)11-13-17/h5-13,19H,4H2,1-3H3/b18-15-. The molecule has 0 heterocycles. The molecule has 134 valence electrons. The lowest BCUT2D eigenvalue weighted by Gasteiger charge is -2.17. The van der Waals surface area contributed by atoms with Gasteiger partial charge in [0.05, 0.1) is 11.5 Å². The highest BCUT2D eigenvalue weighted by Gasteiger charge is 2.30. The lowest BCUT2D eigenvalue weighted by molar-refractivity contribution is 0.349. The van der Waals surface area contributed by atoms with Crippen molar-refractivity contribution in [3.63, 3.8) is 0 Å². The second-order valence-electron chi connectivity index (χ2n) is 5.37. The van der Waals surface area contributed by atoms with Gasteiger partial charge in [0.15, 0.2) is 0 Å². The van der Waals surface area contributed by atoms with Crippen molar-refractivity contribution in [1.29, 1.82) is 0 Å². The zero-order chi connectivity index (χ0) is 18.5. The number of rotatable bonds is 7. The van der Waals surface area contributed by atoms with Gasteiger partial charge >= 0.3 is 0 Å². The number of hydrogen-bond donors (Lipinski definition) is 1. The van der Waals surface area contributed by atoms with Gasteiger partial charge < -0.3 is 4.52 Å². The van der Waals surface area contributed by atoms with E-state index >= 15 is 0 Å². The van der Waals surface area contributed by atoms with E-state index in [2.05, 4.69) is 9.93 Å². The second kappa shape index (κ2) is 7.95. The van der Waals surface area contributed by atoms with Gasteiger partial charge in [-0.1, -0.05) is 35.9 Å². The van der Waals surface area contributed by atoms with Gasteiger partial charge in [-0.25, -0.2) is 0 Å². The van der Waals surface area contributed by atoms with Crippen LogP contribution in [0.3, 0.4) is 0 Å². The van der Waals surface area contributed by atoms with E-state index < -0.39 is 17.4 Å². The van der Waals surface area contributed by atoms with Crippen LogP contribution in [0, 0.1) is 6.92 Å². The minimum absolute atomic E-state index is 0.0798. The maximum atomic E-state index is 13.2. The summed E-state index contributed by atoms with van der Waals surface area (Å²) in [5.41, 5.74) is 1.03. The molecule has 0 bridgehead atoms. The maximum Gasteiger partial charge on any atom is 0.276 e. The van der Waals surface area contributed by atoms with Crippen molar-refractivity contribution in [3.05, 3.63) is 60.2 Å². The molecule has 0 aliphatic rings. The summed E-state index contributed by atoms with van der Waals surface area (Å²) in [6, 6.07) is 15.0. The fraction of sp³-hybridized carbons (Fsp3) is 0.235. The molecule has 2 aromatic carbocycles. The van der Waals surface area contributed by atoms with E-state index in [4.69, 9.17) is 4.52 Å². The molecule has 0 aromatic heterocycles. The first-order valence-corrected chi connectivity index (χ1v) is 10.8. The van der Waals surface area contributed by atoms with E-state index in [1.54, 1.807) is 49.4 Å². The zero-order valence-electron chi connectivity index (χ0n) is 14.3. The van der Waals surface area contributed by atoms with Gasteiger partial charge in [-0.2, -0.15) is 18.4 Å². The summed E-state index contributed by atoms with van der Waals surface area (Å²) in [6.07, 6.45) is 0. The fourth-order valence-electron chi connectivity index (χ4n) is 2.12. The number of benzene rings is 2. The van der Waals surface area contributed by atoms with Crippen molar-refractivity contribution in [1.82, 2.24) is 4.83 Å². The van der Waals surface area contributed by atoms with Gasteiger partial charge in [0.25, 0.3) is 17.4 Å². The number of nitrogens with zero attached hydrogens (tertiary/aromatic N) is 1. The molecule has 1 unspecified atom stereocenters.